The van der Waals surface area contributed by atoms with Crippen molar-refractivity contribution in [2.24, 2.45) is 0 Å². The molecule has 0 heterocycles. The third-order valence-corrected chi connectivity index (χ3v) is 3.52. The van der Waals surface area contributed by atoms with E-state index in [1.54, 1.807) is 0 Å². The first-order valence-electron chi connectivity index (χ1n) is 5.49. The first-order chi connectivity index (χ1) is 9.08. The van der Waals surface area contributed by atoms with Gasteiger partial charge in [0, 0.05) is 21.9 Å². The summed E-state index contributed by atoms with van der Waals surface area (Å²) in [4.78, 5) is 10.4. The molecule has 2 aromatic carbocycles. The van der Waals surface area contributed by atoms with Gasteiger partial charge in [-0.2, -0.15) is 0 Å². The van der Waals surface area contributed by atoms with Crippen molar-refractivity contribution in [2.75, 3.05) is 5.32 Å². The molecule has 98 valence electrons. The van der Waals surface area contributed by atoms with Gasteiger partial charge in [0.15, 0.2) is 0 Å². The van der Waals surface area contributed by atoms with E-state index in [2.05, 4.69) is 27.9 Å². The van der Waals surface area contributed by atoms with Crippen molar-refractivity contribution < 1.29 is 9.31 Å². The highest BCUT2D eigenvalue weighted by molar-refractivity contribution is 14.1. The lowest BCUT2D eigenvalue weighted by molar-refractivity contribution is -0.385. The molecule has 0 aliphatic heterocycles. The Hall–Kier alpha value is -1.70. The van der Waals surface area contributed by atoms with Crippen molar-refractivity contribution in [3.8, 4) is 0 Å². The van der Waals surface area contributed by atoms with E-state index in [0.717, 1.165) is 15.3 Å². The van der Waals surface area contributed by atoms with Gasteiger partial charge in [-0.1, -0.05) is 12.1 Å². The first-order valence-corrected chi connectivity index (χ1v) is 6.57. The second-order valence-corrected chi connectivity index (χ2v) is 5.03. The summed E-state index contributed by atoms with van der Waals surface area (Å²) in [6, 6.07) is 11.0. The van der Waals surface area contributed by atoms with Crippen LogP contribution in [0.15, 0.2) is 42.5 Å². The number of nitrogens with zero attached hydrogens (tertiary/aromatic N) is 1. The maximum Gasteiger partial charge on any atom is 0.274 e. The highest BCUT2D eigenvalue weighted by Crippen LogP contribution is 2.22. The quantitative estimate of drug-likeness (QED) is 0.502. The van der Waals surface area contributed by atoms with Crippen molar-refractivity contribution in [3.05, 3.63) is 67.5 Å². The average Bonchev–Trinajstić information content (AvgIpc) is 2.37. The molecule has 0 radical (unpaired) electrons. The third kappa shape index (κ3) is 3.40. The highest BCUT2D eigenvalue weighted by Gasteiger charge is 2.14. The molecule has 2 rings (SSSR count). The fourth-order valence-electron chi connectivity index (χ4n) is 1.67. The van der Waals surface area contributed by atoms with Gasteiger partial charge < -0.3 is 5.32 Å². The molecule has 19 heavy (non-hydrogen) atoms. The summed E-state index contributed by atoms with van der Waals surface area (Å²) in [5.41, 5.74) is 1.10. The number of nitro groups is 1. The van der Waals surface area contributed by atoms with Crippen molar-refractivity contribution >= 4 is 34.0 Å². The van der Waals surface area contributed by atoms with E-state index < -0.39 is 10.7 Å². The van der Waals surface area contributed by atoms with E-state index in [1.807, 2.05) is 24.3 Å². The largest absolute Gasteiger partial charge is 0.380 e. The summed E-state index contributed by atoms with van der Waals surface area (Å²) in [7, 11) is 0. The number of hydrogen-bond acceptors (Lipinski definition) is 3. The Morgan fingerprint density at radius 3 is 2.68 bits per heavy atom. The monoisotopic (exact) mass is 372 g/mol. The Bertz CT molecular complexity index is 619. The van der Waals surface area contributed by atoms with Crippen LogP contribution < -0.4 is 5.32 Å². The van der Waals surface area contributed by atoms with E-state index in [-0.39, 0.29) is 12.2 Å². The lowest BCUT2D eigenvalue weighted by Gasteiger charge is -2.09. The highest BCUT2D eigenvalue weighted by atomic mass is 127. The molecule has 2 aromatic rings. The molecule has 0 saturated heterocycles. The zero-order chi connectivity index (χ0) is 13.8. The van der Waals surface area contributed by atoms with Crippen LogP contribution in [0.5, 0.6) is 0 Å². The smallest absolute Gasteiger partial charge is 0.274 e. The second-order valence-electron chi connectivity index (χ2n) is 3.86. The van der Waals surface area contributed by atoms with Crippen LogP contribution in [0.1, 0.15) is 5.56 Å². The Morgan fingerprint density at radius 1 is 1.26 bits per heavy atom. The van der Waals surface area contributed by atoms with Gasteiger partial charge in [-0.15, -0.1) is 0 Å². The van der Waals surface area contributed by atoms with Gasteiger partial charge in [-0.25, -0.2) is 4.39 Å². The predicted octanol–water partition coefficient (Wildman–Crippen LogP) is 3.95. The summed E-state index contributed by atoms with van der Waals surface area (Å²) in [5, 5.41) is 13.9. The minimum absolute atomic E-state index is 0.0835. The number of halogens is 2. The summed E-state index contributed by atoms with van der Waals surface area (Å²) >= 11 is 2.16. The molecule has 0 aliphatic carbocycles. The molecule has 0 spiro atoms. The van der Waals surface area contributed by atoms with E-state index in [1.165, 1.54) is 12.1 Å². The van der Waals surface area contributed by atoms with Gasteiger partial charge in [-0.3, -0.25) is 10.1 Å². The maximum absolute atomic E-state index is 13.2. The number of hydrogen-bond donors (Lipinski definition) is 1. The van der Waals surface area contributed by atoms with Crippen LogP contribution >= 0.6 is 22.6 Å². The fraction of sp³-hybridized carbons (Fsp3) is 0.0769. The maximum atomic E-state index is 13.2. The number of nitro benzene ring substituents is 1. The molecule has 0 saturated carbocycles. The van der Waals surface area contributed by atoms with Crippen molar-refractivity contribution in [2.45, 2.75) is 6.54 Å². The van der Waals surface area contributed by atoms with Gasteiger partial charge in [0.1, 0.15) is 5.82 Å². The molecule has 1 N–H and O–H groups in total. The molecule has 0 bridgehead atoms. The molecule has 0 unspecified atom stereocenters. The molecule has 6 heteroatoms. The number of para-hydroxylation sites is 1. The SMILES string of the molecule is O=[N+]([O-])c1ccc(F)cc1CNc1ccccc1I. The number of benzene rings is 2. The molecule has 0 fully saturated rings. The normalized spacial score (nSPS) is 10.2. The van der Waals surface area contributed by atoms with Gasteiger partial charge in [0.05, 0.1) is 10.5 Å². The lowest BCUT2D eigenvalue weighted by atomic mass is 10.1. The summed E-state index contributed by atoms with van der Waals surface area (Å²) in [5.74, 6) is -0.481. The number of nitrogens with one attached hydrogen (secondary N) is 1. The Kier molecular flexibility index (Phi) is 4.31. The third-order valence-electron chi connectivity index (χ3n) is 2.58. The topological polar surface area (TPSA) is 55.2 Å². The van der Waals surface area contributed by atoms with Crippen LogP contribution in [0.4, 0.5) is 15.8 Å². The summed E-state index contributed by atoms with van der Waals surface area (Å²) in [6.45, 7) is 0.202. The van der Waals surface area contributed by atoms with Crippen LogP contribution in [0.3, 0.4) is 0 Å². The minimum Gasteiger partial charge on any atom is -0.380 e. The number of anilines is 1. The van der Waals surface area contributed by atoms with Crippen molar-refractivity contribution in [3.63, 3.8) is 0 Å². The molecule has 0 aliphatic rings. The minimum atomic E-state index is -0.508. The van der Waals surface area contributed by atoms with Crippen LogP contribution in [-0.2, 0) is 6.54 Å². The molecule has 4 nitrogen and oxygen atoms in total. The van der Waals surface area contributed by atoms with Gasteiger partial charge in [0.25, 0.3) is 5.69 Å². The Morgan fingerprint density at radius 2 is 2.00 bits per heavy atom. The zero-order valence-corrected chi connectivity index (χ0v) is 11.9. The van der Waals surface area contributed by atoms with Crippen molar-refractivity contribution in [1.82, 2.24) is 0 Å². The second kappa shape index (κ2) is 5.96. The Balaban J connectivity index is 2.22. The van der Waals surface area contributed by atoms with Gasteiger partial charge in [0.2, 0.25) is 0 Å². The van der Waals surface area contributed by atoms with Gasteiger partial charge >= 0.3 is 0 Å². The average molecular weight is 372 g/mol. The molecule has 0 amide bonds. The van der Waals surface area contributed by atoms with E-state index in [4.69, 9.17) is 0 Å². The van der Waals surface area contributed by atoms with E-state index in [9.17, 15) is 14.5 Å². The molecule has 0 atom stereocenters. The fourth-order valence-corrected chi connectivity index (χ4v) is 2.25. The van der Waals surface area contributed by atoms with Crippen LogP contribution in [0.25, 0.3) is 0 Å². The van der Waals surface area contributed by atoms with Gasteiger partial charge in [-0.05, 0) is 46.9 Å². The standard InChI is InChI=1S/C13H10FIN2O2/c14-10-5-6-13(17(18)19)9(7-10)8-16-12-4-2-1-3-11(12)15/h1-7,16H,8H2. The van der Waals surface area contributed by atoms with Crippen LogP contribution in [-0.4, -0.2) is 4.92 Å². The lowest BCUT2D eigenvalue weighted by Crippen LogP contribution is -2.04. The van der Waals surface area contributed by atoms with Crippen LogP contribution in [0.2, 0.25) is 0 Å². The molecular formula is C13H10FIN2O2. The Labute approximate surface area is 122 Å². The van der Waals surface area contributed by atoms with E-state index in [0.29, 0.717) is 5.56 Å². The first kappa shape index (κ1) is 13.7. The van der Waals surface area contributed by atoms with Crippen LogP contribution in [0, 0.1) is 19.5 Å². The predicted molar refractivity (Wildman–Crippen MR) is 79.5 cm³/mol. The van der Waals surface area contributed by atoms with Crippen molar-refractivity contribution in [1.29, 1.82) is 0 Å². The zero-order valence-electron chi connectivity index (χ0n) is 9.77. The number of rotatable bonds is 4. The molecular weight excluding hydrogens is 362 g/mol. The van der Waals surface area contributed by atoms with E-state index >= 15 is 0 Å². The summed E-state index contributed by atoms with van der Waals surface area (Å²) < 4.78 is 14.2. The summed E-state index contributed by atoms with van der Waals surface area (Å²) in [6.07, 6.45) is 0. The molecule has 0 aromatic heterocycles.